The van der Waals surface area contributed by atoms with Crippen molar-refractivity contribution in [2.24, 2.45) is 4.99 Å². The van der Waals surface area contributed by atoms with Crippen molar-refractivity contribution in [1.29, 1.82) is 0 Å². The Morgan fingerprint density at radius 1 is 1.41 bits per heavy atom. The van der Waals surface area contributed by atoms with Crippen LogP contribution in [0.1, 0.15) is 30.3 Å². The monoisotopic (exact) mass is 582 g/mol. The van der Waals surface area contributed by atoms with Gasteiger partial charge in [0.25, 0.3) is 5.56 Å². The van der Waals surface area contributed by atoms with E-state index < -0.39 is 12.0 Å². The molecule has 0 saturated carbocycles. The average molecular weight is 582 g/mol. The van der Waals surface area contributed by atoms with Gasteiger partial charge in [-0.05, 0) is 71.7 Å². The van der Waals surface area contributed by atoms with Gasteiger partial charge in [0.2, 0.25) is 0 Å². The van der Waals surface area contributed by atoms with E-state index in [-0.39, 0.29) is 17.9 Å². The zero-order chi connectivity index (χ0) is 23.0. The second-order valence-corrected chi connectivity index (χ2v) is 10.0. The summed E-state index contributed by atoms with van der Waals surface area (Å²) in [6.45, 7) is 3.74. The van der Waals surface area contributed by atoms with Gasteiger partial charge in [-0.3, -0.25) is 9.36 Å². The first kappa shape index (κ1) is 22.7. The van der Waals surface area contributed by atoms with Gasteiger partial charge in [-0.2, -0.15) is 0 Å². The molecule has 0 fully saturated rings. The SMILES string of the molecule is CCOC(=O)C1=C(C)N=c2s/c(=C\c3cc(I)c(O)c(OC)c3)c(=O)n2[C@H]1c1cccs1. The van der Waals surface area contributed by atoms with Crippen LogP contribution in [0.2, 0.25) is 0 Å². The van der Waals surface area contributed by atoms with Crippen LogP contribution >= 0.6 is 45.3 Å². The lowest BCUT2D eigenvalue weighted by molar-refractivity contribution is -0.139. The predicted octanol–water partition coefficient (Wildman–Crippen LogP) is 3.18. The van der Waals surface area contributed by atoms with Gasteiger partial charge in [-0.15, -0.1) is 11.3 Å². The number of thiazole rings is 1. The van der Waals surface area contributed by atoms with Crippen LogP contribution in [-0.2, 0) is 9.53 Å². The van der Waals surface area contributed by atoms with Gasteiger partial charge in [-0.25, -0.2) is 9.79 Å². The molecule has 3 heterocycles. The molecule has 4 rings (SSSR count). The highest BCUT2D eigenvalue weighted by atomic mass is 127. The number of benzene rings is 1. The normalized spacial score (nSPS) is 16.0. The summed E-state index contributed by atoms with van der Waals surface area (Å²) in [5, 5.41) is 12.0. The standard InChI is InChI=1S/C22H19IN2O5S2/c1-4-30-21(28)17-11(2)24-22-25(18(17)15-6-5-7-31-15)20(27)16(32-22)10-12-8-13(23)19(26)14(9-12)29-3/h5-10,18,26H,4H2,1-3H3/b16-10-/t18-/m0/s1. The largest absolute Gasteiger partial charge is 0.504 e. The molecule has 32 heavy (non-hydrogen) atoms. The molecule has 3 aromatic rings. The number of carbonyl (C=O) groups is 1. The molecule has 0 bridgehead atoms. The fraction of sp³-hybridized carbons (Fsp3) is 0.227. The van der Waals surface area contributed by atoms with Crippen LogP contribution in [-0.4, -0.2) is 29.4 Å². The average Bonchev–Trinajstić information content (AvgIpc) is 3.38. The van der Waals surface area contributed by atoms with Crippen LogP contribution in [0.3, 0.4) is 0 Å². The molecule has 1 atom stereocenters. The number of phenols is 1. The fourth-order valence-electron chi connectivity index (χ4n) is 3.49. The predicted molar refractivity (Wildman–Crippen MR) is 132 cm³/mol. The van der Waals surface area contributed by atoms with E-state index in [1.165, 1.54) is 29.8 Å². The summed E-state index contributed by atoms with van der Waals surface area (Å²) in [6.07, 6.45) is 1.74. The van der Waals surface area contributed by atoms with Crippen LogP contribution < -0.4 is 19.6 Å². The van der Waals surface area contributed by atoms with Crippen LogP contribution in [0.25, 0.3) is 6.08 Å². The number of hydrogen-bond donors (Lipinski definition) is 1. The first-order valence-corrected chi connectivity index (χ1v) is 12.4. The number of hydrogen-bond acceptors (Lipinski definition) is 8. The Hall–Kier alpha value is -2.44. The van der Waals surface area contributed by atoms with Crippen molar-refractivity contribution >= 4 is 57.3 Å². The summed E-state index contributed by atoms with van der Waals surface area (Å²) in [7, 11) is 1.48. The van der Waals surface area contributed by atoms with Crippen molar-refractivity contribution in [2.45, 2.75) is 19.9 Å². The molecule has 166 valence electrons. The summed E-state index contributed by atoms with van der Waals surface area (Å²) in [6, 6.07) is 6.63. The molecular formula is C22H19IN2O5S2. The number of allylic oxidation sites excluding steroid dienone is 1. The lowest BCUT2D eigenvalue weighted by Crippen LogP contribution is -2.39. The lowest BCUT2D eigenvalue weighted by Gasteiger charge is -2.23. The van der Waals surface area contributed by atoms with Gasteiger partial charge < -0.3 is 14.6 Å². The van der Waals surface area contributed by atoms with Crippen molar-refractivity contribution in [3.63, 3.8) is 0 Å². The molecule has 0 radical (unpaired) electrons. The Morgan fingerprint density at radius 2 is 2.19 bits per heavy atom. The number of methoxy groups -OCH3 is 1. The van der Waals surface area contributed by atoms with Gasteiger partial charge in [0.15, 0.2) is 16.3 Å². The van der Waals surface area contributed by atoms with E-state index in [4.69, 9.17) is 9.47 Å². The molecule has 0 amide bonds. The maximum Gasteiger partial charge on any atom is 0.338 e. The maximum atomic E-state index is 13.5. The third-order valence-electron chi connectivity index (χ3n) is 4.90. The Labute approximate surface area is 205 Å². The minimum absolute atomic E-state index is 0.0547. The molecule has 1 N–H and O–H groups in total. The molecule has 10 heteroatoms. The molecule has 1 aliphatic heterocycles. The topological polar surface area (TPSA) is 90.1 Å². The molecule has 0 unspecified atom stereocenters. The van der Waals surface area contributed by atoms with E-state index >= 15 is 0 Å². The van der Waals surface area contributed by atoms with Crippen LogP contribution in [0.4, 0.5) is 0 Å². The van der Waals surface area contributed by atoms with E-state index in [0.717, 1.165) is 4.88 Å². The molecule has 0 spiro atoms. The second-order valence-electron chi connectivity index (χ2n) is 6.87. The fourth-order valence-corrected chi connectivity index (χ4v) is 5.99. The summed E-state index contributed by atoms with van der Waals surface area (Å²) in [5.41, 5.74) is 1.37. The second kappa shape index (κ2) is 9.20. The number of halogens is 1. The molecular weight excluding hydrogens is 563 g/mol. The third-order valence-corrected chi connectivity index (χ3v) is 7.63. The third kappa shape index (κ3) is 4.02. The minimum atomic E-state index is -0.595. The summed E-state index contributed by atoms with van der Waals surface area (Å²) in [5.74, 6) is -0.0915. The van der Waals surface area contributed by atoms with E-state index in [1.54, 1.807) is 36.6 Å². The number of esters is 1. The Bertz CT molecular complexity index is 1400. The highest BCUT2D eigenvalue weighted by molar-refractivity contribution is 14.1. The van der Waals surface area contributed by atoms with Crippen molar-refractivity contribution in [2.75, 3.05) is 13.7 Å². The molecule has 1 aromatic carbocycles. The Morgan fingerprint density at radius 3 is 2.84 bits per heavy atom. The number of aromatic nitrogens is 1. The summed E-state index contributed by atoms with van der Waals surface area (Å²) < 4.78 is 13.1. The number of carbonyl (C=O) groups excluding carboxylic acids is 1. The van der Waals surface area contributed by atoms with Gasteiger partial charge in [0.1, 0.15) is 6.04 Å². The molecule has 1 aliphatic rings. The van der Waals surface area contributed by atoms with Gasteiger partial charge in [0, 0.05) is 4.88 Å². The van der Waals surface area contributed by atoms with Crippen LogP contribution in [0.5, 0.6) is 11.5 Å². The van der Waals surface area contributed by atoms with E-state index in [1.807, 2.05) is 40.1 Å². The van der Waals surface area contributed by atoms with E-state index in [2.05, 4.69) is 4.99 Å². The minimum Gasteiger partial charge on any atom is -0.504 e. The number of aromatic hydroxyl groups is 1. The number of phenolic OH excluding ortho intramolecular Hbond substituents is 1. The smallest absolute Gasteiger partial charge is 0.338 e. The molecule has 2 aromatic heterocycles. The zero-order valence-corrected chi connectivity index (χ0v) is 21.2. The van der Waals surface area contributed by atoms with Gasteiger partial charge in [0.05, 0.1) is 33.1 Å². The highest BCUT2D eigenvalue weighted by Crippen LogP contribution is 2.34. The van der Waals surface area contributed by atoms with E-state index in [0.29, 0.717) is 35.5 Å². The zero-order valence-electron chi connectivity index (χ0n) is 17.4. The van der Waals surface area contributed by atoms with Crippen molar-refractivity contribution in [1.82, 2.24) is 4.57 Å². The van der Waals surface area contributed by atoms with Crippen molar-refractivity contribution in [3.8, 4) is 11.5 Å². The number of rotatable bonds is 5. The molecule has 7 nitrogen and oxygen atoms in total. The molecule has 0 saturated heterocycles. The highest BCUT2D eigenvalue weighted by Gasteiger charge is 2.33. The summed E-state index contributed by atoms with van der Waals surface area (Å²) in [4.78, 5) is 32.2. The first-order chi connectivity index (χ1) is 15.3. The van der Waals surface area contributed by atoms with Crippen molar-refractivity contribution in [3.05, 3.63) is 74.6 Å². The van der Waals surface area contributed by atoms with Crippen LogP contribution in [0, 0.1) is 3.57 Å². The van der Waals surface area contributed by atoms with Gasteiger partial charge in [-0.1, -0.05) is 17.4 Å². The number of ether oxygens (including phenoxy) is 2. The number of nitrogens with zero attached hydrogens (tertiary/aromatic N) is 2. The summed E-state index contributed by atoms with van der Waals surface area (Å²) >= 11 is 4.74. The van der Waals surface area contributed by atoms with Crippen LogP contribution in [0.15, 0.2) is 50.7 Å². The Balaban J connectivity index is 1.93. The lowest BCUT2D eigenvalue weighted by atomic mass is 10.0. The first-order valence-electron chi connectivity index (χ1n) is 9.65. The van der Waals surface area contributed by atoms with Crippen molar-refractivity contribution < 1.29 is 19.4 Å². The van der Waals surface area contributed by atoms with Gasteiger partial charge >= 0.3 is 5.97 Å². The van der Waals surface area contributed by atoms with E-state index in [9.17, 15) is 14.7 Å². The number of thiophene rings is 1. The Kier molecular flexibility index (Phi) is 6.54. The maximum absolute atomic E-state index is 13.5. The molecule has 0 aliphatic carbocycles. The number of fused-ring (bicyclic) bond motifs is 1. The quantitative estimate of drug-likeness (QED) is 0.369.